The van der Waals surface area contributed by atoms with E-state index >= 15 is 0 Å². The summed E-state index contributed by atoms with van der Waals surface area (Å²) in [4.78, 5) is 0. The van der Waals surface area contributed by atoms with Gasteiger partial charge in [-0.05, 0) is 74.0 Å². The summed E-state index contributed by atoms with van der Waals surface area (Å²) in [6, 6.07) is 20.9. The van der Waals surface area contributed by atoms with Gasteiger partial charge in [0.2, 0.25) is 0 Å². The van der Waals surface area contributed by atoms with Crippen molar-refractivity contribution in [2.75, 3.05) is 13.2 Å². The Morgan fingerprint density at radius 1 is 0.893 bits per heavy atom. The third-order valence-corrected chi connectivity index (χ3v) is 4.72. The number of furan rings is 1. The number of benzene rings is 2. The number of hydrogen-bond donors (Lipinski definition) is 1. The molecule has 1 radical (unpaired) electrons. The monoisotopic (exact) mass is 376 g/mol. The van der Waals surface area contributed by atoms with E-state index in [4.69, 9.17) is 9.15 Å². The Bertz CT molecular complexity index is 797. The average molecular weight is 377 g/mol. The molecule has 0 amide bonds. The van der Waals surface area contributed by atoms with Crippen molar-refractivity contribution in [3.63, 3.8) is 0 Å². The van der Waals surface area contributed by atoms with Crippen LogP contribution < -0.4 is 10.1 Å². The SMILES string of the molecule is [CH2]CCNCc1ccc(OCCCCCc2ccccc2)c(-c2ccco2)c1. The van der Waals surface area contributed by atoms with E-state index in [2.05, 4.69) is 60.8 Å². The highest BCUT2D eigenvalue weighted by atomic mass is 16.5. The zero-order valence-electron chi connectivity index (χ0n) is 16.5. The highest BCUT2D eigenvalue weighted by Crippen LogP contribution is 2.31. The third kappa shape index (κ3) is 6.28. The van der Waals surface area contributed by atoms with Crippen LogP contribution in [0.4, 0.5) is 0 Å². The number of nitrogens with one attached hydrogen (secondary N) is 1. The summed E-state index contributed by atoms with van der Waals surface area (Å²) in [5, 5.41) is 3.39. The topological polar surface area (TPSA) is 34.4 Å². The first-order chi connectivity index (χ1) is 13.9. The minimum absolute atomic E-state index is 0.724. The number of ether oxygens (including phenoxy) is 1. The Morgan fingerprint density at radius 2 is 1.79 bits per heavy atom. The molecule has 1 heterocycles. The first-order valence-electron chi connectivity index (χ1n) is 10.2. The molecule has 0 bridgehead atoms. The molecule has 1 N–H and O–H groups in total. The normalized spacial score (nSPS) is 10.9. The summed E-state index contributed by atoms with van der Waals surface area (Å²) in [5.74, 6) is 1.73. The van der Waals surface area contributed by atoms with E-state index in [0.29, 0.717) is 0 Å². The van der Waals surface area contributed by atoms with E-state index in [1.165, 1.54) is 17.5 Å². The summed E-state index contributed by atoms with van der Waals surface area (Å²) >= 11 is 0. The van der Waals surface area contributed by atoms with Crippen LogP contribution in [0.1, 0.15) is 36.8 Å². The fraction of sp³-hybridized carbons (Fsp3) is 0.320. The zero-order chi connectivity index (χ0) is 19.4. The molecule has 2 aromatic carbocycles. The molecule has 0 aliphatic rings. The van der Waals surface area contributed by atoms with Gasteiger partial charge in [0, 0.05) is 6.54 Å². The molecule has 28 heavy (non-hydrogen) atoms. The lowest BCUT2D eigenvalue weighted by molar-refractivity contribution is 0.306. The Morgan fingerprint density at radius 3 is 2.57 bits per heavy atom. The van der Waals surface area contributed by atoms with Crippen molar-refractivity contribution in [2.45, 2.75) is 38.6 Å². The van der Waals surface area contributed by atoms with Crippen molar-refractivity contribution in [3.8, 4) is 17.1 Å². The smallest absolute Gasteiger partial charge is 0.137 e. The van der Waals surface area contributed by atoms with Crippen molar-refractivity contribution < 1.29 is 9.15 Å². The van der Waals surface area contributed by atoms with Crippen LogP contribution in [0.15, 0.2) is 71.3 Å². The van der Waals surface area contributed by atoms with Gasteiger partial charge in [0.25, 0.3) is 0 Å². The largest absolute Gasteiger partial charge is 0.493 e. The molecule has 3 aromatic rings. The molecule has 0 saturated carbocycles. The Hall–Kier alpha value is -2.52. The predicted molar refractivity (Wildman–Crippen MR) is 115 cm³/mol. The molecule has 3 rings (SSSR count). The van der Waals surface area contributed by atoms with Gasteiger partial charge in [0.15, 0.2) is 0 Å². The van der Waals surface area contributed by atoms with Gasteiger partial charge < -0.3 is 14.5 Å². The lowest BCUT2D eigenvalue weighted by Crippen LogP contribution is -2.13. The minimum atomic E-state index is 0.724. The van der Waals surface area contributed by atoms with Crippen molar-refractivity contribution in [2.24, 2.45) is 0 Å². The summed E-state index contributed by atoms with van der Waals surface area (Å²) in [6.45, 7) is 6.32. The number of aryl methyl sites for hydroxylation is 1. The van der Waals surface area contributed by atoms with Crippen LogP contribution in [0, 0.1) is 6.92 Å². The molecule has 1 aromatic heterocycles. The lowest BCUT2D eigenvalue weighted by atomic mass is 10.1. The van der Waals surface area contributed by atoms with Crippen LogP contribution in [0.5, 0.6) is 5.75 Å². The van der Waals surface area contributed by atoms with E-state index in [-0.39, 0.29) is 0 Å². The molecule has 3 heteroatoms. The van der Waals surface area contributed by atoms with Crippen molar-refractivity contribution in [1.82, 2.24) is 5.32 Å². The van der Waals surface area contributed by atoms with Gasteiger partial charge >= 0.3 is 0 Å². The highest BCUT2D eigenvalue weighted by Gasteiger charge is 2.10. The third-order valence-electron chi connectivity index (χ3n) is 4.72. The second-order valence-corrected chi connectivity index (χ2v) is 6.98. The molecular weight excluding hydrogens is 346 g/mol. The van der Waals surface area contributed by atoms with Crippen LogP contribution >= 0.6 is 0 Å². The number of unbranched alkanes of at least 4 members (excludes halogenated alkanes) is 2. The quantitative estimate of drug-likeness (QED) is 0.391. The molecule has 0 saturated heterocycles. The zero-order valence-corrected chi connectivity index (χ0v) is 16.5. The van der Waals surface area contributed by atoms with Gasteiger partial charge in [-0.15, -0.1) is 0 Å². The van der Waals surface area contributed by atoms with E-state index in [9.17, 15) is 0 Å². The Labute approximate surface area is 168 Å². The minimum Gasteiger partial charge on any atom is -0.493 e. The second-order valence-electron chi connectivity index (χ2n) is 6.98. The van der Waals surface area contributed by atoms with E-state index in [0.717, 1.165) is 62.5 Å². The fourth-order valence-corrected chi connectivity index (χ4v) is 3.23. The molecule has 0 aliphatic carbocycles. The first-order valence-corrected chi connectivity index (χ1v) is 10.2. The second kappa shape index (κ2) is 11.4. The molecule has 0 spiro atoms. The van der Waals surface area contributed by atoms with Crippen molar-refractivity contribution in [3.05, 3.63) is 85.0 Å². The van der Waals surface area contributed by atoms with Gasteiger partial charge in [-0.2, -0.15) is 0 Å². The average Bonchev–Trinajstić information content (AvgIpc) is 3.27. The Balaban J connectivity index is 1.51. The molecule has 0 atom stereocenters. The number of rotatable bonds is 12. The first kappa shape index (κ1) is 20.2. The van der Waals surface area contributed by atoms with E-state index < -0.39 is 0 Å². The van der Waals surface area contributed by atoms with Crippen LogP contribution in [0.2, 0.25) is 0 Å². The maximum atomic E-state index is 6.10. The van der Waals surface area contributed by atoms with Crippen LogP contribution in [-0.2, 0) is 13.0 Å². The molecule has 147 valence electrons. The van der Waals surface area contributed by atoms with Gasteiger partial charge in [0.05, 0.1) is 18.4 Å². The van der Waals surface area contributed by atoms with E-state index in [1.54, 1.807) is 6.26 Å². The fourth-order valence-electron chi connectivity index (χ4n) is 3.23. The molecule has 0 fully saturated rings. The van der Waals surface area contributed by atoms with E-state index in [1.807, 2.05) is 12.1 Å². The predicted octanol–water partition coefficient (Wildman–Crippen LogP) is 6.05. The number of hydrogen-bond acceptors (Lipinski definition) is 3. The molecule has 0 unspecified atom stereocenters. The maximum Gasteiger partial charge on any atom is 0.137 e. The maximum absolute atomic E-state index is 6.10. The van der Waals surface area contributed by atoms with Gasteiger partial charge in [-0.25, -0.2) is 0 Å². The van der Waals surface area contributed by atoms with Crippen molar-refractivity contribution in [1.29, 1.82) is 0 Å². The van der Waals surface area contributed by atoms with Gasteiger partial charge in [-0.1, -0.05) is 43.3 Å². The van der Waals surface area contributed by atoms with Gasteiger partial charge in [-0.3, -0.25) is 0 Å². The van der Waals surface area contributed by atoms with Crippen LogP contribution in [-0.4, -0.2) is 13.2 Å². The van der Waals surface area contributed by atoms with Crippen LogP contribution in [0.3, 0.4) is 0 Å². The van der Waals surface area contributed by atoms with Gasteiger partial charge in [0.1, 0.15) is 11.5 Å². The highest BCUT2D eigenvalue weighted by molar-refractivity contribution is 5.66. The standard InChI is InChI=1S/C25H30NO2/c1-2-16-26-20-22-14-15-25(23(19-22)24-13-9-18-28-24)27-17-8-4-7-12-21-10-5-3-6-11-21/h3,5-6,9-11,13-15,18-19,26H,1-2,4,7-8,12,16-17,20H2. The summed E-state index contributed by atoms with van der Waals surface area (Å²) in [7, 11) is 0. The summed E-state index contributed by atoms with van der Waals surface area (Å²) in [6.07, 6.45) is 7.13. The summed E-state index contributed by atoms with van der Waals surface area (Å²) < 4.78 is 11.7. The lowest BCUT2D eigenvalue weighted by Gasteiger charge is -2.12. The molecule has 0 aliphatic heterocycles. The Kier molecular flexibility index (Phi) is 8.20. The molecule has 3 nitrogen and oxygen atoms in total. The summed E-state index contributed by atoms with van der Waals surface area (Å²) in [5.41, 5.74) is 3.64. The van der Waals surface area contributed by atoms with Crippen LogP contribution in [0.25, 0.3) is 11.3 Å². The molecular formula is C25H30NO2. The van der Waals surface area contributed by atoms with Crippen molar-refractivity contribution >= 4 is 0 Å².